The number of hydrogen-bond acceptors (Lipinski definition) is 3. The highest BCUT2D eigenvalue weighted by atomic mass is 19.1. The van der Waals surface area contributed by atoms with Gasteiger partial charge in [-0.1, -0.05) is 6.07 Å². The van der Waals surface area contributed by atoms with Gasteiger partial charge in [0.05, 0.1) is 23.5 Å². The van der Waals surface area contributed by atoms with Crippen LogP contribution in [0.15, 0.2) is 36.5 Å². The number of carbonyl (C=O) groups excluding carboxylic acids is 1. The number of halogens is 2. The van der Waals surface area contributed by atoms with Crippen molar-refractivity contribution in [2.75, 3.05) is 5.73 Å². The molecule has 0 aliphatic rings. The Balaban J connectivity index is 2.13. The van der Waals surface area contributed by atoms with Gasteiger partial charge in [0.1, 0.15) is 5.82 Å². The van der Waals surface area contributed by atoms with Gasteiger partial charge in [-0.15, -0.1) is 0 Å². The van der Waals surface area contributed by atoms with Gasteiger partial charge in [-0.3, -0.25) is 9.78 Å². The fourth-order valence-corrected chi connectivity index (χ4v) is 1.54. The van der Waals surface area contributed by atoms with Crippen LogP contribution in [0.1, 0.15) is 16.1 Å². The zero-order chi connectivity index (χ0) is 13.8. The minimum Gasteiger partial charge on any atom is -0.396 e. The Kier molecular flexibility index (Phi) is 3.70. The first-order chi connectivity index (χ1) is 9.08. The summed E-state index contributed by atoms with van der Waals surface area (Å²) in [5.74, 6) is -2.43. The molecule has 1 amide bonds. The van der Waals surface area contributed by atoms with E-state index in [1.807, 2.05) is 0 Å². The summed E-state index contributed by atoms with van der Waals surface area (Å²) in [6, 6.07) is 6.83. The fraction of sp³-hybridized carbons (Fsp3) is 0.0769. The third-order valence-electron chi connectivity index (χ3n) is 2.47. The maximum Gasteiger partial charge on any atom is 0.254 e. The Morgan fingerprint density at radius 2 is 2.11 bits per heavy atom. The van der Waals surface area contributed by atoms with Gasteiger partial charge in [0.25, 0.3) is 5.91 Å². The number of nitrogens with two attached hydrogens (primary N) is 1. The minimum absolute atomic E-state index is 0.121. The molecule has 1 heterocycles. The lowest BCUT2D eigenvalue weighted by Gasteiger charge is -2.07. The third-order valence-corrected chi connectivity index (χ3v) is 2.47. The lowest BCUT2D eigenvalue weighted by Crippen LogP contribution is -2.24. The second-order valence-corrected chi connectivity index (χ2v) is 3.86. The summed E-state index contributed by atoms with van der Waals surface area (Å²) >= 11 is 0. The molecule has 1 aromatic heterocycles. The smallest absolute Gasteiger partial charge is 0.254 e. The summed E-state index contributed by atoms with van der Waals surface area (Å²) in [5, 5.41) is 2.45. The van der Waals surface area contributed by atoms with Crippen LogP contribution in [0.25, 0.3) is 0 Å². The first-order valence-electron chi connectivity index (χ1n) is 5.50. The molecule has 0 spiro atoms. The largest absolute Gasteiger partial charge is 0.396 e. The van der Waals surface area contributed by atoms with Crippen molar-refractivity contribution in [3.63, 3.8) is 0 Å². The summed E-state index contributed by atoms with van der Waals surface area (Å²) in [6.07, 6.45) is 1.57. The highest BCUT2D eigenvalue weighted by Crippen LogP contribution is 2.17. The summed E-state index contributed by atoms with van der Waals surface area (Å²) in [5.41, 5.74) is 5.05. The Bertz CT molecular complexity index is 602. The standard InChI is InChI=1S/C13H11F2N3O/c14-8-5-10(12(15)11(16)6-8)13(19)18-7-9-3-1-2-4-17-9/h1-6H,7,16H2,(H,18,19). The van der Waals surface area contributed by atoms with Crippen LogP contribution < -0.4 is 11.1 Å². The van der Waals surface area contributed by atoms with Gasteiger partial charge in [0, 0.05) is 6.20 Å². The number of anilines is 1. The van der Waals surface area contributed by atoms with Crippen molar-refractivity contribution in [2.24, 2.45) is 0 Å². The lowest BCUT2D eigenvalue weighted by molar-refractivity contribution is 0.0946. The van der Waals surface area contributed by atoms with Crippen molar-refractivity contribution in [1.29, 1.82) is 0 Å². The summed E-state index contributed by atoms with van der Waals surface area (Å²) in [7, 11) is 0. The van der Waals surface area contributed by atoms with Gasteiger partial charge in [0.15, 0.2) is 5.82 Å². The number of hydrogen-bond donors (Lipinski definition) is 2. The zero-order valence-corrected chi connectivity index (χ0v) is 9.86. The molecule has 0 aliphatic carbocycles. The number of benzene rings is 1. The quantitative estimate of drug-likeness (QED) is 0.831. The van der Waals surface area contributed by atoms with Gasteiger partial charge in [-0.25, -0.2) is 8.78 Å². The molecule has 2 aromatic rings. The molecule has 0 aliphatic heterocycles. The Hall–Kier alpha value is -2.50. The fourth-order valence-electron chi connectivity index (χ4n) is 1.54. The van der Waals surface area contributed by atoms with Crippen molar-refractivity contribution in [2.45, 2.75) is 6.54 Å². The number of nitrogens with zero attached hydrogens (tertiary/aromatic N) is 1. The van der Waals surface area contributed by atoms with Crippen LogP contribution in [0.4, 0.5) is 14.5 Å². The van der Waals surface area contributed by atoms with Crippen LogP contribution in [-0.4, -0.2) is 10.9 Å². The molecule has 3 N–H and O–H groups in total. The van der Waals surface area contributed by atoms with Gasteiger partial charge >= 0.3 is 0 Å². The summed E-state index contributed by atoms with van der Waals surface area (Å²) < 4.78 is 26.7. The van der Waals surface area contributed by atoms with E-state index in [0.717, 1.165) is 12.1 Å². The second kappa shape index (κ2) is 5.43. The van der Waals surface area contributed by atoms with Crippen molar-refractivity contribution in [3.8, 4) is 0 Å². The van der Waals surface area contributed by atoms with Gasteiger partial charge in [-0.05, 0) is 24.3 Å². The number of carbonyl (C=O) groups is 1. The predicted molar refractivity (Wildman–Crippen MR) is 66.2 cm³/mol. The second-order valence-electron chi connectivity index (χ2n) is 3.86. The molecule has 98 valence electrons. The molecule has 0 saturated carbocycles. The van der Waals surface area contributed by atoms with E-state index in [4.69, 9.17) is 5.73 Å². The molecule has 0 atom stereocenters. The highest BCUT2D eigenvalue weighted by Gasteiger charge is 2.15. The number of nitrogen functional groups attached to an aromatic ring is 1. The molecular weight excluding hydrogens is 252 g/mol. The molecular formula is C13H11F2N3O. The van der Waals surface area contributed by atoms with Crippen LogP contribution >= 0.6 is 0 Å². The average molecular weight is 263 g/mol. The zero-order valence-electron chi connectivity index (χ0n) is 9.86. The molecule has 2 rings (SSSR count). The van der Waals surface area contributed by atoms with Crippen molar-refractivity contribution in [3.05, 3.63) is 59.4 Å². The van der Waals surface area contributed by atoms with E-state index in [1.165, 1.54) is 0 Å². The first-order valence-corrected chi connectivity index (χ1v) is 5.50. The van der Waals surface area contributed by atoms with Crippen molar-refractivity contribution in [1.82, 2.24) is 10.3 Å². The molecule has 0 fully saturated rings. The predicted octanol–water partition coefficient (Wildman–Crippen LogP) is 1.87. The molecule has 4 nitrogen and oxygen atoms in total. The molecule has 0 unspecified atom stereocenters. The van der Waals surface area contributed by atoms with E-state index in [1.54, 1.807) is 24.4 Å². The number of amides is 1. The van der Waals surface area contributed by atoms with Crippen LogP contribution in [0.3, 0.4) is 0 Å². The number of aromatic nitrogens is 1. The van der Waals surface area contributed by atoms with E-state index in [9.17, 15) is 13.6 Å². The van der Waals surface area contributed by atoms with Crippen LogP contribution in [0.5, 0.6) is 0 Å². The van der Waals surface area contributed by atoms with Crippen molar-refractivity contribution >= 4 is 11.6 Å². The highest BCUT2D eigenvalue weighted by molar-refractivity contribution is 5.95. The summed E-state index contributed by atoms with van der Waals surface area (Å²) in [6.45, 7) is 0.121. The number of pyridine rings is 1. The monoisotopic (exact) mass is 263 g/mol. The van der Waals surface area contributed by atoms with Crippen molar-refractivity contribution < 1.29 is 13.6 Å². The minimum atomic E-state index is -0.931. The number of rotatable bonds is 3. The molecule has 6 heteroatoms. The van der Waals surface area contributed by atoms with Gasteiger partial charge in [-0.2, -0.15) is 0 Å². The molecule has 0 bridgehead atoms. The maximum atomic E-state index is 13.6. The normalized spacial score (nSPS) is 10.2. The Morgan fingerprint density at radius 3 is 2.79 bits per heavy atom. The Labute approximate surface area is 108 Å². The first kappa shape index (κ1) is 12.9. The van der Waals surface area contributed by atoms with Gasteiger partial charge in [0.2, 0.25) is 0 Å². The number of nitrogens with one attached hydrogen (secondary N) is 1. The lowest BCUT2D eigenvalue weighted by atomic mass is 10.1. The van der Waals surface area contributed by atoms with Gasteiger partial charge < -0.3 is 11.1 Å². The molecule has 0 radical (unpaired) electrons. The molecule has 19 heavy (non-hydrogen) atoms. The van der Waals surface area contributed by atoms with E-state index in [2.05, 4.69) is 10.3 Å². The van der Waals surface area contributed by atoms with E-state index >= 15 is 0 Å². The maximum absolute atomic E-state index is 13.6. The average Bonchev–Trinajstić information content (AvgIpc) is 2.41. The van der Waals surface area contributed by atoms with E-state index in [0.29, 0.717) is 5.69 Å². The molecule has 1 aromatic carbocycles. The van der Waals surface area contributed by atoms with E-state index < -0.39 is 28.8 Å². The van der Waals surface area contributed by atoms with Crippen LogP contribution in [-0.2, 0) is 6.54 Å². The SMILES string of the molecule is Nc1cc(F)cc(C(=O)NCc2ccccn2)c1F. The van der Waals surface area contributed by atoms with Crippen LogP contribution in [0, 0.1) is 11.6 Å². The molecule has 0 saturated heterocycles. The third kappa shape index (κ3) is 3.04. The topological polar surface area (TPSA) is 68.0 Å². The summed E-state index contributed by atoms with van der Waals surface area (Å²) in [4.78, 5) is 15.7. The Morgan fingerprint density at radius 1 is 1.32 bits per heavy atom. The van der Waals surface area contributed by atoms with E-state index in [-0.39, 0.29) is 6.54 Å². The van der Waals surface area contributed by atoms with Crippen LogP contribution in [0.2, 0.25) is 0 Å².